The van der Waals surface area contributed by atoms with Crippen LogP contribution in [0, 0.1) is 5.82 Å². The normalized spacial score (nSPS) is 10.7. The smallest absolute Gasteiger partial charge is 0.277 e. The number of aromatic nitrogens is 2. The fraction of sp³-hybridized carbons (Fsp3) is 0.125. The highest BCUT2D eigenvalue weighted by molar-refractivity contribution is 7.98. The van der Waals surface area contributed by atoms with Crippen LogP contribution in [-0.4, -0.2) is 17.3 Å². The Morgan fingerprint density at radius 1 is 1.22 bits per heavy atom. The molecule has 0 saturated heterocycles. The van der Waals surface area contributed by atoms with E-state index in [1.807, 2.05) is 24.3 Å². The molecule has 1 aromatic heterocycles. The van der Waals surface area contributed by atoms with Gasteiger partial charge in [-0.05, 0) is 29.8 Å². The van der Waals surface area contributed by atoms with Gasteiger partial charge in [0.2, 0.25) is 0 Å². The summed E-state index contributed by atoms with van der Waals surface area (Å²) in [6.07, 6.45) is 0. The fourth-order valence-corrected chi connectivity index (χ4v) is 2.88. The standard InChI is InChI=1S/C16H12ClFN2O2S/c1-21-14-5-3-2-4-12(14)15-19-20-16(22-15)23-9-10-6-7-11(17)8-13(10)18/h2-8H,9H2,1H3. The van der Waals surface area contributed by atoms with E-state index in [2.05, 4.69) is 10.2 Å². The lowest BCUT2D eigenvalue weighted by molar-refractivity contribution is 0.411. The Hall–Kier alpha value is -2.05. The molecule has 3 aromatic rings. The van der Waals surface area contributed by atoms with Crippen LogP contribution in [0.25, 0.3) is 11.5 Å². The maximum atomic E-state index is 13.7. The lowest BCUT2D eigenvalue weighted by Gasteiger charge is -2.03. The molecule has 0 bridgehead atoms. The summed E-state index contributed by atoms with van der Waals surface area (Å²) in [5.74, 6) is 1.03. The second-order valence-electron chi connectivity index (χ2n) is 4.60. The number of thioether (sulfide) groups is 1. The molecular formula is C16H12ClFN2O2S. The van der Waals surface area contributed by atoms with Crippen molar-refractivity contribution in [3.8, 4) is 17.2 Å². The summed E-state index contributed by atoms with van der Waals surface area (Å²) in [7, 11) is 1.58. The highest BCUT2D eigenvalue weighted by Gasteiger charge is 2.14. The Labute approximate surface area is 141 Å². The molecule has 0 aliphatic carbocycles. The third-order valence-electron chi connectivity index (χ3n) is 3.11. The van der Waals surface area contributed by atoms with Gasteiger partial charge in [0.15, 0.2) is 0 Å². The van der Waals surface area contributed by atoms with Gasteiger partial charge in [-0.3, -0.25) is 0 Å². The first kappa shape index (κ1) is 15.8. The molecule has 0 aliphatic heterocycles. The monoisotopic (exact) mass is 350 g/mol. The number of ether oxygens (including phenoxy) is 1. The van der Waals surface area contributed by atoms with Crippen molar-refractivity contribution in [3.63, 3.8) is 0 Å². The summed E-state index contributed by atoms with van der Waals surface area (Å²) in [6.45, 7) is 0. The number of rotatable bonds is 5. The van der Waals surface area contributed by atoms with E-state index in [0.717, 1.165) is 0 Å². The quantitative estimate of drug-likeness (QED) is 0.617. The van der Waals surface area contributed by atoms with E-state index < -0.39 is 0 Å². The number of hydrogen-bond acceptors (Lipinski definition) is 5. The molecule has 23 heavy (non-hydrogen) atoms. The molecule has 0 spiro atoms. The van der Waals surface area contributed by atoms with Gasteiger partial charge in [-0.25, -0.2) is 4.39 Å². The third kappa shape index (κ3) is 3.65. The van der Waals surface area contributed by atoms with Gasteiger partial charge in [-0.15, -0.1) is 10.2 Å². The molecule has 7 heteroatoms. The zero-order valence-electron chi connectivity index (χ0n) is 12.1. The van der Waals surface area contributed by atoms with E-state index in [1.165, 1.54) is 17.8 Å². The van der Waals surface area contributed by atoms with Crippen LogP contribution in [0.2, 0.25) is 5.02 Å². The molecule has 0 atom stereocenters. The van der Waals surface area contributed by atoms with Crippen molar-refractivity contribution >= 4 is 23.4 Å². The Balaban J connectivity index is 1.75. The zero-order valence-corrected chi connectivity index (χ0v) is 13.7. The molecule has 0 fully saturated rings. The predicted octanol–water partition coefficient (Wildman–Crippen LogP) is 4.83. The minimum atomic E-state index is -0.352. The number of hydrogen-bond donors (Lipinski definition) is 0. The van der Waals surface area contributed by atoms with Crippen molar-refractivity contribution in [3.05, 3.63) is 58.9 Å². The molecule has 1 heterocycles. The minimum absolute atomic E-state index is 0.352. The summed E-state index contributed by atoms with van der Waals surface area (Å²) in [4.78, 5) is 0. The molecule has 4 nitrogen and oxygen atoms in total. The number of nitrogens with zero attached hydrogens (tertiary/aromatic N) is 2. The van der Waals surface area contributed by atoms with Gasteiger partial charge in [-0.1, -0.05) is 41.6 Å². The minimum Gasteiger partial charge on any atom is -0.496 e. The van der Waals surface area contributed by atoms with Gasteiger partial charge >= 0.3 is 0 Å². The number of methoxy groups -OCH3 is 1. The first-order valence-electron chi connectivity index (χ1n) is 6.71. The molecule has 0 aliphatic rings. The maximum Gasteiger partial charge on any atom is 0.277 e. The molecule has 0 amide bonds. The topological polar surface area (TPSA) is 48.2 Å². The van der Waals surface area contributed by atoms with E-state index in [1.54, 1.807) is 19.2 Å². The summed E-state index contributed by atoms with van der Waals surface area (Å²) in [5, 5.41) is 8.71. The van der Waals surface area contributed by atoms with E-state index in [4.69, 9.17) is 20.8 Å². The van der Waals surface area contributed by atoms with E-state index in [-0.39, 0.29) is 5.82 Å². The van der Waals surface area contributed by atoms with Crippen LogP contribution >= 0.6 is 23.4 Å². The van der Waals surface area contributed by atoms with Gasteiger partial charge in [0.05, 0.1) is 12.7 Å². The Bertz CT molecular complexity index is 825. The van der Waals surface area contributed by atoms with Crippen LogP contribution < -0.4 is 4.74 Å². The van der Waals surface area contributed by atoms with Crippen molar-refractivity contribution in [2.24, 2.45) is 0 Å². The van der Waals surface area contributed by atoms with Crippen LogP contribution in [0.15, 0.2) is 52.1 Å². The summed E-state index contributed by atoms with van der Waals surface area (Å²) in [6, 6.07) is 11.9. The Morgan fingerprint density at radius 3 is 2.83 bits per heavy atom. The lowest BCUT2D eigenvalue weighted by Crippen LogP contribution is -1.87. The van der Waals surface area contributed by atoms with Crippen LogP contribution in [0.1, 0.15) is 5.56 Å². The number of halogens is 2. The number of para-hydroxylation sites is 1. The molecule has 3 rings (SSSR count). The van der Waals surface area contributed by atoms with Crippen molar-refractivity contribution in [2.75, 3.05) is 7.11 Å². The fourth-order valence-electron chi connectivity index (χ4n) is 1.98. The molecule has 0 unspecified atom stereocenters. The largest absolute Gasteiger partial charge is 0.496 e. The van der Waals surface area contributed by atoms with Crippen LogP contribution in [0.3, 0.4) is 0 Å². The highest BCUT2D eigenvalue weighted by atomic mass is 35.5. The van der Waals surface area contributed by atoms with Gasteiger partial charge in [0.1, 0.15) is 11.6 Å². The average Bonchev–Trinajstić information content (AvgIpc) is 3.03. The Morgan fingerprint density at radius 2 is 2.04 bits per heavy atom. The van der Waals surface area contributed by atoms with Crippen molar-refractivity contribution in [1.82, 2.24) is 10.2 Å². The average molecular weight is 351 g/mol. The maximum absolute atomic E-state index is 13.7. The van der Waals surface area contributed by atoms with Crippen LogP contribution in [0.5, 0.6) is 5.75 Å². The molecule has 0 saturated carbocycles. The van der Waals surface area contributed by atoms with E-state index in [9.17, 15) is 4.39 Å². The molecule has 0 radical (unpaired) electrons. The van der Waals surface area contributed by atoms with Gasteiger partial charge in [-0.2, -0.15) is 0 Å². The molecule has 2 aromatic carbocycles. The summed E-state index contributed by atoms with van der Waals surface area (Å²) in [5.41, 5.74) is 1.24. The van der Waals surface area contributed by atoms with Crippen LogP contribution in [0.4, 0.5) is 4.39 Å². The van der Waals surface area contributed by atoms with Crippen molar-refractivity contribution in [1.29, 1.82) is 0 Å². The van der Waals surface area contributed by atoms with Gasteiger partial charge in [0.25, 0.3) is 11.1 Å². The van der Waals surface area contributed by atoms with Gasteiger partial charge < -0.3 is 9.15 Å². The molecular weight excluding hydrogens is 339 g/mol. The molecule has 0 N–H and O–H groups in total. The summed E-state index contributed by atoms with van der Waals surface area (Å²) < 4.78 is 24.6. The number of benzene rings is 2. The molecule has 118 valence electrons. The van der Waals surface area contributed by atoms with E-state index in [0.29, 0.717) is 38.8 Å². The second-order valence-corrected chi connectivity index (χ2v) is 5.96. The first-order chi connectivity index (χ1) is 11.2. The zero-order chi connectivity index (χ0) is 16.2. The SMILES string of the molecule is COc1ccccc1-c1nnc(SCc2ccc(Cl)cc2F)o1. The van der Waals surface area contributed by atoms with Crippen molar-refractivity contribution in [2.45, 2.75) is 11.0 Å². The van der Waals surface area contributed by atoms with E-state index >= 15 is 0 Å². The first-order valence-corrected chi connectivity index (χ1v) is 8.07. The van der Waals surface area contributed by atoms with Crippen molar-refractivity contribution < 1.29 is 13.5 Å². The Kier molecular flexibility index (Phi) is 4.83. The second kappa shape index (κ2) is 7.02. The van der Waals surface area contributed by atoms with Gasteiger partial charge in [0, 0.05) is 10.8 Å². The third-order valence-corrected chi connectivity index (χ3v) is 4.21. The van der Waals surface area contributed by atoms with Crippen LogP contribution in [-0.2, 0) is 5.75 Å². The lowest BCUT2D eigenvalue weighted by atomic mass is 10.2. The predicted molar refractivity (Wildman–Crippen MR) is 87.3 cm³/mol. The highest BCUT2D eigenvalue weighted by Crippen LogP contribution is 2.31. The summed E-state index contributed by atoms with van der Waals surface area (Å²) >= 11 is 6.99.